The van der Waals surface area contributed by atoms with Gasteiger partial charge in [0.25, 0.3) is 0 Å². The first-order chi connectivity index (χ1) is 7.09. The molecule has 1 aliphatic carbocycles. The number of aryl methyl sites for hydroxylation is 2. The number of fused-ring (bicyclic) bond motifs is 1. The van der Waals surface area contributed by atoms with Crippen molar-refractivity contribution in [3.63, 3.8) is 0 Å². The second-order valence-electron chi connectivity index (χ2n) is 4.12. The molecule has 0 amide bonds. The van der Waals surface area contributed by atoms with Crippen LogP contribution in [0.25, 0.3) is 0 Å². The second kappa shape index (κ2) is 3.34. The summed E-state index contributed by atoms with van der Waals surface area (Å²) in [5, 5.41) is 12.8. The summed E-state index contributed by atoms with van der Waals surface area (Å²) in [4.78, 5) is 10.9. The Hall–Kier alpha value is -1.36. The van der Waals surface area contributed by atoms with Crippen molar-refractivity contribution < 1.29 is 14.4 Å². The van der Waals surface area contributed by atoms with Gasteiger partial charge in [-0.2, -0.15) is 0 Å². The molecule has 0 fully saturated rings. The van der Waals surface area contributed by atoms with Crippen LogP contribution < -0.4 is 5.73 Å². The highest BCUT2D eigenvalue weighted by molar-refractivity contribution is 5.69. The molecule has 0 saturated carbocycles. The Morgan fingerprint density at radius 1 is 1.73 bits per heavy atom. The van der Waals surface area contributed by atoms with Crippen molar-refractivity contribution in [3.8, 4) is 0 Å². The second-order valence-corrected chi connectivity index (χ2v) is 4.12. The molecule has 1 unspecified atom stereocenters. The summed E-state index contributed by atoms with van der Waals surface area (Å²) in [6, 6.07) is 0. The summed E-state index contributed by atoms with van der Waals surface area (Å²) in [7, 11) is 0. The molecule has 3 N–H and O–H groups in total. The maximum atomic E-state index is 10.9. The summed E-state index contributed by atoms with van der Waals surface area (Å²) in [5.41, 5.74) is 6.96. The Morgan fingerprint density at radius 3 is 3.07 bits per heavy atom. The van der Waals surface area contributed by atoms with Crippen LogP contribution in [0.5, 0.6) is 0 Å². The van der Waals surface area contributed by atoms with Crippen molar-refractivity contribution in [1.29, 1.82) is 0 Å². The molecular formula is C10H14N2O3. The molecule has 0 saturated heterocycles. The van der Waals surface area contributed by atoms with E-state index in [0.717, 1.165) is 29.9 Å². The molecule has 1 atom stereocenters. The largest absolute Gasteiger partial charge is 0.481 e. The molecule has 1 heterocycles. The van der Waals surface area contributed by atoms with Crippen LogP contribution in [0.15, 0.2) is 4.52 Å². The van der Waals surface area contributed by atoms with Crippen LogP contribution in [0.2, 0.25) is 0 Å². The van der Waals surface area contributed by atoms with E-state index in [2.05, 4.69) is 5.16 Å². The summed E-state index contributed by atoms with van der Waals surface area (Å²) in [5.74, 6) is -0.0203. The first kappa shape index (κ1) is 10.2. The summed E-state index contributed by atoms with van der Waals surface area (Å²) in [6.45, 7) is 2.16. The van der Waals surface area contributed by atoms with E-state index in [0.29, 0.717) is 6.54 Å². The molecule has 5 nitrogen and oxygen atoms in total. The highest BCUT2D eigenvalue weighted by Gasteiger charge is 2.43. The lowest BCUT2D eigenvalue weighted by atomic mass is 9.79. The number of nitrogens with two attached hydrogens (primary N) is 1. The Labute approximate surface area is 87.2 Å². The first-order valence-corrected chi connectivity index (χ1v) is 4.96. The number of rotatable bonds is 3. The number of hydrogen-bond donors (Lipinski definition) is 2. The van der Waals surface area contributed by atoms with Gasteiger partial charge in [-0.15, -0.1) is 0 Å². The first-order valence-electron chi connectivity index (χ1n) is 4.96. The van der Waals surface area contributed by atoms with Crippen LogP contribution in [0.3, 0.4) is 0 Å². The van der Waals surface area contributed by atoms with Crippen LogP contribution in [0, 0.1) is 6.92 Å². The average Bonchev–Trinajstić information content (AvgIpc) is 2.70. The number of carbonyl (C=O) groups is 1. The zero-order valence-corrected chi connectivity index (χ0v) is 8.62. The molecule has 0 radical (unpaired) electrons. The SMILES string of the molecule is Cc1noc2c1C(CN)(CC(=O)O)CC2. The zero-order valence-electron chi connectivity index (χ0n) is 8.62. The van der Waals surface area contributed by atoms with Gasteiger partial charge < -0.3 is 15.4 Å². The molecule has 1 aromatic rings. The molecule has 0 aromatic carbocycles. The fourth-order valence-corrected chi connectivity index (χ4v) is 2.49. The van der Waals surface area contributed by atoms with E-state index < -0.39 is 11.4 Å². The maximum Gasteiger partial charge on any atom is 0.304 e. The van der Waals surface area contributed by atoms with E-state index in [4.69, 9.17) is 15.4 Å². The third-order valence-electron chi connectivity index (χ3n) is 3.17. The molecule has 2 rings (SSSR count). The molecule has 5 heteroatoms. The van der Waals surface area contributed by atoms with Crippen molar-refractivity contribution in [2.45, 2.75) is 31.6 Å². The van der Waals surface area contributed by atoms with Crippen LogP contribution in [0.4, 0.5) is 0 Å². The topological polar surface area (TPSA) is 89.4 Å². The number of carboxylic acid groups (broad SMARTS) is 1. The van der Waals surface area contributed by atoms with Crippen molar-refractivity contribution in [3.05, 3.63) is 17.0 Å². The Bertz CT molecular complexity index is 399. The zero-order chi connectivity index (χ0) is 11.1. The molecule has 0 bridgehead atoms. The minimum absolute atomic E-state index is 0.0541. The number of hydrogen-bond acceptors (Lipinski definition) is 4. The van der Waals surface area contributed by atoms with Gasteiger partial charge in [-0.3, -0.25) is 4.79 Å². The van der Waals surface area contributed by atoms with Gasteiger partial charge in [-0.1, -0.05) is 5.16 Å². The number of nitrogens with zero attached hydrogens (tertiary/aromatic N) is 1. The van der Waals surface area contributed by atoms with E-state index in [-0.39, 0.29) is 6.42 Å². The number of aromatic nitrogens is 1. The van der Waals surface area contributed by atoms with E-state index >= 15 is 0 Å². The summed E-state index contributed by atoms with van der Waals surface area (Å²) in [6.07, 6.45) is 1.53. The molecule has 1 aromatic heterocycles. The van der Waals surface area contributed by atoms with E-state index in [9.17, 15) is 4.79 Å². The van der Waals surface area contributed by atoms with Gasteiger partial charge in [0, 0.05) is 23.9 Å². The quantitative estimate of drug-likeness (QED) is 0.762. The van der Waals surface area contributed by atoms with E-state index in [1.54, 1.807) is 0 Å². The monoisotopic (exact) mass is 210 g/mol. The molecule has 15 heavy (non-hydrogen) atoms. The van der Waals surface area contributed by atoms with Crippen LogP contribution in [-0.4, -0.2) is 22.8 Å². The van der Waals surface area contributed by atoms with Crippen molar-refractivity contribution in [2.75, 3.05) is 6.54 Å². The predicted molar refractivity (Wildman–Crippen MR) is 52.5 cm³/mol. The lowest BCUT2D eigenvalue weighted by Crippen LogP contribution is -2.35. The lowest BCUT2D eigenvalue weighted by molar-refractivity contribution is -0.138. The standard InChI is InChI=1S/C10H14N2O3/c1-6-9-7(15-12-6)2-3-10(9,5-11)4-8(13)14/h2-5,11H2,1H3,(H,13,14). The van der Waals surface area contributed by atoms with Gasteiger partial charge in [0.15, 0.2) is 0 Å². The molecular weight excluding hydrogens is 196 g/mol. The van der Waals surface area contributed by atoms with Gasteiger partial charge in [0.1, 0.15) is 5.76 Å². The molecule has 1 aliphatic rings. The van der Waals surface area contributed by atoms with Crippen LogP contribution in [-0.2, 0) is 16.6 Å². The molecule has 82 valence electrons. The smallest absolute Gasteiger partial charge is 0.304 e. The van der Waals surface area contributed by atoms with Gasteiger partial charge in [0.2, 0.25) is 0 Å². The van der Waals surface area contributed by atoms with Crippen LogP contribution >= 0.6 is 0 Å². The highest BCUT2D eigenvalue weighted by Crippen LogP contribution is 2.42. The van der Waals surface area contributed by atoms with Gasteiger partial charge >= 0.3 is 5.97 Å². The minimum atomic E-state index is -0.825. The predicted octanol–water partition coefficient (Wildman–Crippen LogP) is 0.600. The van der Waals surface area contributed by atoms with Crippen molar-refractivity contribution in [2.24, 2.45) is 5.73 Å². The highest BCUT2D eigenvalue weighted by atomic mass is 16.5. The van der Waals surface area contributed by atoms with Crippen molar-refractivity contribution >= 4 is 5.97 Å². The summed E-state index contributed by atoms with van der Waals surface area (Å²) < 4.78 is 5.15. The lowest BCUT2D eigenvalue weighted by Gasteiger charge is -2.25. The maximum absolute atomic E-state index is 10.9. The van der Waals surface area contributed by atoms with E-state index in [1.807, 2.05) is 6.92 Å². The Morgan fingerprint density at radius 2 is 2.47 bits per heavy atom. The fourth-order valence-electron chi connectivity index (χ4n) is 2.49. The number of aliphatic carboxylic acids is 1. The van der Waals surface area contributed by atoms with Crippen LogP contribution in [0.1, 0.15) is 29.9 Å². The van der Waals surface area contributed by atoms with Gasteiger partial charge in [-0.25, -0.2) is 0 Å². The molecule has 0 spiro atoms. The minimum Gasteiger partial charge on any atom is -0.481 e. The number of carboxylic acids is 1. The third-order valence-corrected chi connectivity index (χ3v) is 3.17. The average molecular weight is 210 g/mol. The van der Waals surface area contributed by atoms with Gasteiger partial charge in [0.05, 0.1) is 12.1 Å². The molecule has 0 aliphatic heterocycles. The van der Waals surface area contributed by atoms with Crippen molar-refractivity contribution in [1.82, 2.24) is 5.16 Å². The van der Waals surface area contributed by atoms with E-state index in [1.165, 1.54) is 0 Å². The fraction of sp³-hybridized carbons (Fsp3) is 0.600. The Balaban J connectivity index is 2.44. The van der Waals surface area contributed by atoms with Gasteiger partial charge in [-0.05, 0) is 13.3 Å². The Kier molecular flexibility index (Phi) is 2.26. The third kappa shape index (κ3) is 1.43. The normalized spacial score (nSPS) is 24.1. The summed E-state index contributed by atoms with van der Waals surface area (Å²) >= 11 is 0.